The van der Waals surface area contributed by atoms with Crippen LogP contribution in [-0.2, 0) is 9.59 Å². The second kappa shape index (κ2) is 7.28. The van der Waals surface area contributed by atoms with Gasteiger partial charge in [0.05, 0.1) is 0 Å². The summed E-state index contributed by atoms with van der Waals surface area (Å²) in [6.45, 7) is 4.46. The van der Waals surface area contributed by atoms with E-state index < -0.39 is 0 Å². The van der Waals surface area contributed by atoms with E-state index in [4.69, 9.17) is 5.11 Å². The first-order chi connectivity index (χ1) is 12.9. The SMILES string of the molecule is CC12CCCCC1CCC1C2CC(=O)C2(C)C(CCCC(=O)CO)CCC12. The number of carbonyl (C=O) groups excluding carboxylic acids is 2. The van der Waals surface area contributed by atoms with E-state index in [1.807, 2.05) is 0 Å². The van der Waals surface area contributed by atoms with Crippen LogP contribution in [0.2, 0.25) is 0 Å². The van der Waals surface area contributed by atoms with E-state index in [-0.39, 0.29) is 17.8 Å². The number of hydrogen-bond donors (Lipinski definition) is 1. The standard InChI is InChI=1S/C24H38O3/c1-23-13-4-3-6-16(23)9-11-19-20-12-10-17(7-5-8-18(26)15-25)24(20,2)22(27)14-21(19)23/h16-17,19-21,25H,3-15H2,1-2H3. The van der Waals surface area contributed by atoms with E-state index in [0.29, 0.717) is 35.4 Å². The molecule has 3 nitrogen and oxygen atoms in total. The predicted octanol–water partition coefficient (Wildman–Crippen LogP) is 4.95. The number of fused-ring (bicyclic) bond motifs is 5. The van der Waals surface area contributed by atoms with Gasteiger partial charge in [-0.15, -0.1) is 0 Å². The Bertz CT molecular complexity index is 598. The smallest absolute Gasteiger partial charge is 0.158 e. The quantitative estimate of drug-likeness (QED) is 0.741. The average Bonchev–Trinajstić information content (AvgIpc) is 3.00. The normalized spacial score (nSPS) is 46.5. The third kappa shape index (κ3) is 3.03. The fourth-order valence-electron chi connectivity index (χ4n) is 8.21. The third-order valence-corrected chi connectivity index (χ3v) is 9.81. The molecule has 27 heavy (non-hydrogen) atoms. The highest BCUT2D eigenvalue weighted by molar-refractivity contribution is 5.87. The summed E-state index contributed by atoms with van der Waals surface area (Å²) < 4.78 is 0. The minimum Gasteiger partial charge on any atom is -0.389 e. The molecule has 4 fully saturated rings. The Morgan fingerprint density at radius 3 is 2.67 bits per heavy atom. The van der Waals surface area contributed by atoms with Gasteiger partial charge in [-0.25, -0.2) is 0 Å². The Morgan fingerprint density at radius 2 is 1.89 bits per heavy atom. The van der Waals surface area contributed by atoms with Gasteiger partial charge in [0.1, 0.15) is 12.4 Å². The van der Waals surface area contributed by atoms with Crippen molar-refractivity contribution in [3.05, 3.63) is 0 Å². The van der Waals surface area contributed by atoms with Crippen molar-refractivity contribution in [1.29, 1.82) is 0 Å². The van der Waals surface area contributed by atoms with Crippen molar-refractivity contribution in [3.63, 3.8) is 0 Å². The summed E-state index contributed by atoms with van der Waals surface area (Å²) in [6.07, 6.45) is 13.6. The Hall–Kier alpha value is -0.700. The molecule has 0 amide bonds. The van der Waals surface area contributed by atoms with Crippen molar-refractivity contribution in [2.45, 2.75) is 90.9 Å². The molecule has 0 saturated heterocycles. The lowest BCUT2D eigenvalue weighted by Crippen LogP contribution is -2.56. The van der Waals surface area contributed by atoms with Gasteiger partial charge in [0.25, 0.3) is 0 Å². The second-order valence-electron chi connectivity index (χ2n) is 10.7. The van der Waals surface area contributed by atoms with Crippen LogP contribution in [0.25, 0.3) is 0 Å². The number of rotatable bonds is 5. The molecule has 0 spiro atoms. The highest BCUT2D eigenvalue weighted by atomic mass is 16.3. The van der Waals surface area contributed by atoms with Gasteiger partial charge in [-0.2, -0.15) is 0 Å². The highest BCUT2D eigenvalue weighted by Crippen LogP contribution is 2.66. The van der Waals surface area contributed by atoms with E-state index in [1.54, 1.807) is 0 Å². The molecule has 4 saturated carbocycles. The van der Waals surface area contributed by atoms with Crippen LogP contribution in [0.5, 0.6) is 0 Å². The zero-order chi connectivity index (χ0) is 19.2. The molecular weight excluding hydrogens is 336 g/mol. The molecule has 0 bridgehead atoms. The number of ketones is 2. The summed E-state index contributed by atoms with van der Waals surface area (Å²) in [5.41, 5.74) is 0.255. The van der Waals surface area contributed by atoms with Gasteiger partial charge >= 0.3 is 0 Å². The number of aliphatic hydroxyl groups excluding tert-OH is 1. The monoisotopic (exact) mass is 374 g/mol. The van der Waals surface area contributed by atoms with Crippen LogP contribution in [0.4, 0.5) is 0 Å². The molecule has 0 aromatic heterocycles. The molecule has 7 unspecified atom stereocenters. The number of carbonyl (C=O) groups is 2. The summed E-state index contributed by atoms with van der Waals surface area (Å²) in [5.74, 6) is 3.71. The van der Waals surface area contributed by atoms with Gasteiger partial charge in [0.15, 0.2) is 5.78 Å². The van der Waals surface area contributed by atoms with Gasteiger partial charge in [-0.1, -0.05) is 26.7 Å². The lowest BCUT2D eigenvalue weighted by Gasteiger charge is -2.59. The van der Waals surface area contributed by atoms with Gasteiger partial charge in [-0.05, 0) is 86.4 Å². The summed E-state index contributed by atoms with van der Waals surface area (Å²) in [5, 5.41) is 8.95. The zero-order valence-electron chi connectivity index (χ0n) is 17.3. The van der Waals surface area contributed by atoms with Gasteiger partial charge in [0, 0.05) is 18.3 Å². The molecule has 0 aromatic carbocycles. The van der Waals surface area contributed by atoms with E-state index in [2.05, 4.69) is 13.8 Å². The summed E-state index contributed by atoms with van der Waals surface area (Å²) >= 11 is 0. The molecule has 4 aliphatic rings. The Kier molecular flexibility index (Phi) is 5.29. The van der Waals surface area contributed by atoms with Gasteiger partial charge in [-0.3, -0.25) is 9.59 Å². The average molecular weight is 375 g/mol. The number of aliphatic hydroxyl groups is 1. The van der Waals surface area contributed by atoms with Gasteiger partial charge < -0.3 is 5.11 Å². The molecule has 1 N–H and O–H groups in total. The first-order valence-electron chi connectivity index (χ1n) is 11.6. The van der Waals surface area contributed by atoms with Crippen LogP contribution in [0, 0.1) is 40.4 Å². The first-order valence-corrected chi connectivity index (χ1v) is 11.6. The van der Waals surface area contributed by atoms with Crippen molar-refractivity contribution in [2.75, 3.05) is 6.61 Å². The fourth-order valence-corrected chi connectivity index (χ4v) is 8.21. The summed E-state index contributed by atoms with van der Waals surface area (Å²) in [6, 6.07) is 0. The van der Waals surface area contributed by atoms with Crippen LogP contribution in [0.15, 0.2) is 0 Å². The van der Waals surface area contributed by atoms with E-state index in [0.717, 1.165) is 37.5 Å². The van der Waals surface area contributed by atoms with Gasteiger partial charge in [0.2, 0.25) is 0 Å². The fraction of sp³-hybridized carbons (Fsp3) is 0.917. The van der Waals surface area contributed by atoms with Crippen LogP contribution in [0.1, 0.15) is 90.9 Å². The minimum absolute atomic E-state index is 0.0618. The molecule has 3 heteroatoms. The largest absolute Gasteiger partial charge is 0.389 e. The molecule has 0 aliphatic heterocycles. The van der Waals surface area contributed by atoms with Crippen LogP contribution in [-0.4, -0.2) is 23.3 Å². The topological polar surface area (TPSA) is 54.4 Å². The summed E-state index contributed by atoms with van der Waals surface area (Å²) in [7, 11) is 0. The van der Waals surface area contributed by atoms with E-state index in [9.17, 15) is 9.59 Å². The van der Waals surface area contributed by atoms with E-state index in [1.165, 1.54) is 44.9 Å². The van der Waals surface area contributed by atoms with Crippen LogP contribution in [0.3, 0.4) is 0 Å². The Balaban J connectivity index is 1.51. The Labute approximate surface area is 164 Å². The molecular formula is C24H38O3. The molecule has 0 radical (unpaired) electrons. The lowest BCUT2D eigenvalue weighted by atomic mass is 9.44. The maximum atomic E-state index is 13.5. The number of Topliss-reactive ketones (excluding diaryl/α,β-unsaturated/α-hetero) is 2. The maximum Gasteiger partial charge on any atom is 0.158 e. The van der Waals surface area contributed by atoms with E-state index >= 15 is 0 Å². The summed E-state index contributed by atoms with van der Waals surface area (Å²) in [4.78, 5) is 25.0. The predicted molar refractivity (Wildman–Crippen MR) is 106 cm³/mol. The molecule has 0 heterocycles. The molecule has 4 aliphatic carbocycles. The Morgan fingerprint density at radius 1 is 1.07 bits per heavy atom. The second-order valence-corrected chi connectivity index (χ2v) is 10.7. The van der Waals surface area contributed by atoms with Crippen molar-refractivity contribution in [2.24, 2.45) is 40.4 Å². The zero-order valence-corrected chi connectivity index (χ0v) is 17.3. The van der Waals surface area contributed by atoms with Crippen molar-refractivity contribution in [1.82, 2.24) is 0 Å². The molecule has 4 rings (SSSR count). The molecule has 152 valence electrons. The van der Waals surface area contributed by atoms with Crippen molar-refractivity contribution >= 4 is 11.6 Å². The minimum atomic E-state index is -0.340. The van der Waals surface area contributed by atoms with Crippen LogP contribution >= 0.6 is 0 Å². The molecule has 0 aromatic rings. The van der Waals surface area contributed by atoms with Crippen molar-refractivity contribution in [3.8, 4) is 0 Å². The first kappa shape index (κ1) is 19.6. The number of hydrogen-bond acceptors (Lipinski definition) is 3. The van der Waals surface area contributed by atoms with Crippen LogP contribution < -0.4 is 0 Å². The lowest BCUT2D eigenvalue weighted by molar-refractivity contribution is -0.156. The maximum absolute atomic E-state index is 13.5. The molecule has 7 atom stereocenters. The van der Waals surface area contributed by atoms with Crippen molar-refractivity contribution < 1.29 is 14.7 Å². The third-order valence-electron chi connectivity index (χ3n) is 9.81. The highest BCUT2D eigenvalue weighted by Gasteiger charge is 2.62.